The maximum atomic E-state index is 12.4. The molecule has 1 heterocycles. The molecule has 0 aliphatic heterocycles. The van der Waals surface area contributed by atoms with Crippen LogP contribution in [0.2, 0.25) is 0 Å². The topological polar surface area (TPSA) is 137 Å². The molecule has 10 nitrogen and oxygen atoms in total. The molecule has 0 aliphatic carbocycles. The highest BCUT2D eigenvalue weighted by atomic mass is 16.6. The molecular formula is C19H24N4O6. The Morgan fingerprint density at radius 1 is 1.31 bits per heavy atom. The van der Waals surface area contributed by atoms with Gasteiger partial charge in [-0.15, -0.1) is 0 Å². The van der Waals surface area contributed by atoms with E-state index in [1.807, 2.05) is 0 Å². The Morgan fingerprint density at radius 3 is 2.66 bits per heavy atom. The summed E-state index contributed by atoms with van der Waals surface area (Å²) in [4.78, 5) is 39.4. The minimum atomic E-state index is -0.874. The summed E-state index contributed by atoms with van der Waals surface area (Å²) >= 11 is 0. The number of amides is 1. The molecule has 0 aliphatic rings. The average Bonchev–Trinajstić information content (AvgIpc) is 3.05. The van der Waals surface area contributed by atoms with Crippen molar-refractivity contribution < 1.29 is 23.8 Å². The number of ether oxygens (including phenoxy) is 1. The number of rotatable bonds is 10. The van der Waals surface area contributed by atoms with Crippen LogP contribution in [0.25, 0.3) is 0 Å². The summed E-state index contributed by atoms with van der Waals surface area (Å²) in [5, 5.41) is 17.8. The van der Waals surface area contributed by atoms with Crippen molar-refractivity contribution in [1.82, 2.24) is 15.5 Å². The third-order valence-electron chi connectivity index (χ3n) is 3.95. The Labute approximate surface area is 167 Å². The molecule has 0 saturated heterocycles. The van der Waals surface area contributed by atoms with Gasteiger partial charge in [0.2, 0.25) is 11.8 Å². The van der Waals surface area contributed by atoms with Gasteiger partial charge in [-0.1, -0.05) is 23.4 Å². The number of para-hydroxylation sites is 1. The van der Waals surface area contributed by atoms with Gasteiger partial charge in [0.1, 0.15) is 0 Å². The van der Waals surface area contributed by atoms with E-state index >= 15 is 0 Å². The van der Waals surface area contributed by atoms with Crippen molar-refractivity contribution in [2.24, 2.45) is 0 Å². The van der Waals surface area contributed by atoms with Gasteiger partial charge in [0.05, 0.1) is 29.1 Å². The van der Waals surface area contributed by atoms with Crippen molar-refractivity contribution in [3.63, 3.8) is 0 Å². The van der Waals surface area contributed by atoms with Gasteiger partial charge in [-0.3, -0.25) is 19.7 Å². The molecule has 10 heteroatoms. The zero-order valence-corrected chi connectivity index (χ0v) is 16.6. The first-order chi connectivity index (χ1) is 13.8. The van der Waals surface area contributed by atoms with Crippen LogP contribution in [0.5, 0.6) is 0 Å². The fraction of sp³-hybridized carbons (Fsp3) is 0.474. The SMILES string of the molecule is Cc1noc(CCCC(=O)NC(CC(=O)OC(C)C)c2ccccc2[N+](=O)[O-])n1. The lowest BCUT2D eigenvalue weighted by molar-refractivity contribution is -0.385. The number of aryl methyl sites for hydroxylation is 2. The molecule has 2 rings (SSSR count). The van der Waals surface area contributed by atoms with E-state index in [9.17, 15) is 19.7 Å². The van der Waals surface area contributed by atoms with Gasteiger partial charge in [0.15, 0.2) is 5.82 Å². The summed E-state index contributed by atoms with van der Waals surface area (Å²) in [6.07, 6.45) is 0.477. The zero-order chi connectivity index (χ0) is 21.4. The number of hydrogen-bond acceptors (Lipinski definition) is 8. The minimum Gasteiger partial charge on any atom is -0.463 e. The maximum absolute atomic E-state index is 12.4. The number of aromatic nitrogens is 2. The predicted molar refractivity (Wildman–Crippen MR) is 102 cm³/mol. The first-order valence-electron chi connectivity index (χ1n) is 9.27. The second kappa shape index (κ2) is 10.3. The maximum Gasteiger partial charge on any atom is 0.308 e. The molecule has 0 fully saturated rings. The summed E-state index contributed by atoms with van der Waals surface area (Å²) < 4.78 is 10.1. The lowest BCUT2D eigenvalue weighted by Crippen LogP contribution is -2.31. The Hall–Kier alpha value is -3.30. The quantitative estimate of drug-likeness (QED) is 0.362. The predicted octanol–water partition coefficient (Wildman–Crippen LogP) is 2.81. The van der Waals surface area contributed by atoms with E-state index in [1.54, 1.807) is 26.8 Å². The molecule has 1 aromatic heterocycles. The van der Waals surface area contributed by atoms with Crippen molar-refractivity contribution in [2.75, 3.05) is 0 Å². The van der Waals surface area contributed by atoms with Gasteiger partial charge < -0.3 is 14.6 Å². The first kappa shape index (κ1) is 22.0. The fourth-order valence-corrected chi connectivity index (χ4v) is 2.77. The van der Waals surface area contributed by atoms with E-state index < -0.39 is 16.9 Å². The third kappa shape index (κ3) is 6.98. The van der Waals surface area contributed by atoms with Gasteiger partial charge in [-0.2, -0.15) is 4.98 Å². The Balaban J connectivity index is 2.07. The number of esters is 1. The summed E-state index contributed by atoms with van der Waals surface area (Å²) in [6.45, 7) is 5.11. The van der Waals surface area contributed by atoms with E-state index in [0.29, 0.717) is 24.6 Å². The zero-order valence-electron chi connectivity index (χ0n) is 16.6. The van der Waals surface area contributed by atoms with Crippen LogP contribution in [0, 0.1) is 17.0 Å². The largest absolute Gasteiger partial charge is 0.463 e. The van der Waals surface area contributed by atoms with Crippen molar-refractivity contribution in [3.8, 4) is 0 Å². The normalized spacial score (nSPS) is 11.9. The van der Waals surface area contributed by atoms with Crippen molar-refractivity contribution in [2.45, 2.75) is 58.6 Å². The molecule has 1 amide bonds. The second-order valence-electron chi connectivity index (χ2n) is 6.77. The van der Waals surface area contributed by atoms with E-state index in [2.05, 4.69) is 15.5 Å². The van der Waals surface area contributed by atoms with Gasteiger partial charge in [-0.05, 0) is 27.2 Å². The smallest absolute Gasteiger partial charge is 0.308 e. The van der Waals surface area contributed by atoms with E-state index in [0.717, 1.165) is 0 Å². The molecule has 0 spiro atoms. The number of carbonyl (C=O) groups is 2. The molecule has 0 bridgehead atoms. The Morgan fingerprint density at radius 2 is 2.03 bits per heavy atom. The molecule has 1 N–H and O–H groups in total. The summed E-state index contributed by atoms with van der Waals surface area (Å²) in [5.74, 6) is 0.0575. The monoisotopic (exact) mass is 404 g/mol. The Kier molecular flexibility index (Phi) is 7.81. The molecule has 2 aromatic rings. The summed E-state index contributed by atoms with van der Waals surface area (Å²) in [5.41, 5.74) is 0.0792. The lowest BCUT2D eigenvalue weighted by Gasteiger charge is -2.19. The van der Waals surface area contributed by atoms with Crippen LogP contribution >= 0.6 is 0 Å². The van der Waals surface area contributed by atoms with E-state index in [-0.39, 0.29) is 36.1 Å². The van der Waals surface area contributed by atoms with Crippen LogP contribution in [0.3, 0.4) is 0 Å². The van der Waals surface area contributed by atoms with Crippen LogP contribution in [-0.2, 0) is 20.7 Å². The molecule has 29 heavy (non-hydrogen) atoms. The van der Waals surface area contributed by atoms with Crippen molar-refractivity contribution >= 4 is 17.6 Å². The van der Waals surface area contributed by atoms with Crippen LogP contribution in [0.15, 0.2) is 28.8 Å². The van der Waals surface area contributed by atoms with Gasteiger partial charge in [0, 0.05) is 18.9 Å². The van der Waals surface area contributed by atoms with Crippen molar-refractivity contribution in [1.29, 1.82) is 0 Å². The van der Waals surface area contributed by atoms with Gasteiger partial charge in [-0.25, -0.2) is 0 Å². The second-order valence-corrected chi connectivity index (χ2v) is 6.77. The number of nitrogens with zero attached hydrogens (tertiary/aromatic N) is 3. The molecule has 1 aromatic carbocycles. The number of nitro groups is 1. The highest BCUT2D eigenvalue weighted by molar-refractivity contribution is 5.78. The molecule has 1 unspecified atom stereocenters. The molecule has 0 saturated carbocycles. The van der Waals surface area contributed by atoms with Crippen LogP contribution < -0.4 is 5.32 Å². The lowest BCUT2D eigenvalue weighted by atomic mass is 10.0. The highest BCUT2D eigenvalue weighted by Gasteiger charge is 2.26. The van der Waals surface area contributed by atoms with Crippen molar-refractivity contribution in [3.05, 3.63) is 51.7 Å². The molecule has 156 valence electrons. The number of nitro benzene ring substituents is 1. The van der Waals surface area contributed by atoms with Gasteiger partial charge in [0.25, 0.3) is 5.69 Å². The fourth-order valence-electron chi connectivity index (χ4n) is 2.77. The average molecular weight is 404 g/mol. The van der Waals surface area contributed by atoms with E-state index in [4.69, 9.17) is 9.26 Å². The Bertz CT molecular complexity index is 864. The first-order valence-corrected chi connectivity index (χ1v) is 9.27. The third-order valence-corrected chi connectivity index (χ3v) is 3.95. The standard InChI is InChI=1S/C19H24N4O6/c1-12(2)28-19(25)11-15(14-7-4-5-8-16(14)23(26)27)21-17(24)9-6-10-18-20-13(3)22-29-18/h4-5,7-8,12,15H,6,9-11H2,1-3H3,(H,21,24). The number of hydrogen-bond donors (Lipinski definition) is 1. The summed E-state index contributed by atoms with van der Waals surface area (Å²) in [6, 6.07) is 5.13. The summed E-state index contributed by atoms with van der Waals surface area (Å²) in [7, 11) is 0. The molecule has 1 atom stereocenters. The van der Waals surface area contributed by atoms with Crippen LogP contribution in [0.1, 0.15) is 56.4 Å². The highest BCUT2D eigenvalue weighted by Crippen LogP contribution is 2.27. The van der Waals surface area contributed by atoms with Crippen LogP contribution in [-0.4, -0.2) is 33.0 Å². The minimum absolute atomic E-state index is 0.137. The number of nitrogens with one attached hydrogen (secondary N) is 1. The molecule has 0 radical (unpaired) electrons. The number of benzene rings is 1. The van der Waals surface area contributed by atoms with Crippen LogP contribution in [0.4, 0.5) is 5.69 Å². The molecular weight excluding hydrogens is 380 g/mol. The van der Waals surface area contributed by atoms with E-state index in [1.165, 1.54) is 18.2 Å². The number of carbonyl (C=O) groups excluding carboxylic acids is 2. The van der Waals surface area contributed by atoms with Gasteiger partial charge >= 0.3 is 5.97 Å².